The number of methoxy groups -OCH3 is 10. The van der Waals surface area contributed by atoms with E-state index in [-0.39, 0.29) is 41.2 Å². The molecule has 6 heterocycles. The lowest BCUT2D eigenvalue weighted by molar-refractivity contribution is -0.401. The van der Waals surface area contributed by atoms with Crippen LogP contribution in [-0.2, 0) is 208 Å². The third-order valence-electron chi connectivity index (χ3n) is 22.2. The van der Waals surface area contributed by atoms with Crippen LogP contribution in [0.1, 0.15) is 59.9 Å². The average Bonchev–Trinajstić information content (AvgIpc) is 0.752. The van der Waals surface area contributed by atoms with Crippen molar-refractivity contribution in [3.05, 3.63) is 58.1 Å². The number of nitrogen functional groups attached to an aromatic ring is 1. The van der Waals surface area contributed by atoms with Gasteiger partial charge in [-0.1, -0.05) is 24.3 Å². The van der Waals surface area contributed by atoms with Gasteiger partial charge in [-0.2, -0.15) is 4.72 Å². The Balaban J connectivity index is 1.01. The largest absolute Gasteiger partial charge is 0.726 e. The summed E-state index contributed by atoms with van der Waals surface area (Å²) in [5.41, 5.74) is 7.39. The lowest BCUT2D eigenvalue weighted by atomic mass is 9.94. The summed E-state index contributed by atoms with van der Waals surface area (Å²) in [5, 5.41) is 42.2. The fourth-order valence-corrected chi connectivity index (χ4v) is 19.7. The fraction of sp³-hybridized carbons (Fsp3) is 0.740. The summed E-state index contributed by atoms with van der Waals surface area (Å²) in [7, 11) is -24.8. The van der Waals surface area contributed by atoms with Crippen LogP contribution in [0, 0.1) is 26.2 Å². The summed E-state index contributed by atoms with van der Waals surface area (Å²) in [5.74, 6) is -8.15. The minimum Gasteiger partial charge on any atom is -0.726 e. The molecule has 27 atom stereocenters. The molecule has 63 heteroatoms. The second kappa shape index (κ2) is 50.1. The summed E-state index contributed by atoms with van der Waals surface area (Å²) in [6.07, 6.45) is -54.6. The maximum absolute atomic E-state index is 14.6. The van der Waals surface area contributed by atoms with Crippen molar-refractivity contribution in [1.29, 1.82) is 5.41 Å². The van der Waals surface area contributed by atoms with E-state index in [1.807, 2.05) is 0 Å². The van der Waals surface area contributed by atoms with Crippen molar-refractivity contribution in [2.75, 3.05) is 124 Å². The first-order chi connectivity index (χ1) is 63.7. The van der Waals surface area contributed by atoms with Gasteiger partial charge in [0.2, 0.25) is 85.6 Å². The van der Waals surface area contributed by atoms with Crippen LogP contribution in [0.15, 0.2) is 35.2 Å². The minimum absolute atomic E-state index is 0.131. The van der Waals surface area contributed by atoms with Crippen molar-refractivity contribution in [2.24, 2.45) is 5.73 Å². The van der Waals surface area contributed by atoms with Gasteiger partial charge in [-0.05, 0) is 74.8 Å². The Hall–Kier alpha value is -6.97. The number of nitrogens with one attached hydrogen (secondary N) is 5. The molecular weight excluding hydrogens is 1970 g/mol. The molecule has 8 rings (SSSR count). The van der Waals surface area contributed by atoms with E-state index in [1.165, 1.54) is 39.2 Å². The number of carbonyl (C=O) groups is 6. The second-order valence-electron chi connectivity index (χ2n) is 30.8. The molecule has 2 aromatic carbocycles. The predicted molar refractivity (Wildman–Crippen MR) is 432 cm³/mol. The standard InChI is InChI=1S/C73H113N7O50S6/c1-33-26-40(106-4)34(2)35(3)63(33)131(89,90)79-38(65(83)78-39(66(84)80-23-15-14-16-24-80)27-36-18-20-37(21-19-36)64(74)75)28-44(81)77-29-45(82)76-22-17-25-116-46-41(30-117-132(91,92)93)121-70(59(112-10)49(46)107-5)125-53-51(109-7)61(114-12)72(128-56(53)67(85)86)124-48-43(32-119-134(97,98)99)122-73(62(130-136(103,104)105)55(48)129-135(100,101)102)126-54-52(110-8)60(113-11)71(127-57(54)68(87)88)123-47-42(31-118-133(94,95)96)120-69(115-13)58(111-9)50(47)108-6/h18-21,26,38-39,41-43,46-62,69-73,79H,14-17,22-25,27-32H2,1-13H3,(H3,74,75)(H,76,82)(H,77,81)(H,78,83)(H,85,86)(H,87,88)(H,91,92,93)(H,94,95,96)(H,97,98,99)(H,100,101,102)(H,103,104,105)/p-7. The van der Waals surface area contributed by atoms with Gasteiger partial charge in [0.15, 0.2) is 37.6 Å². The van der Waals surface area contributed by atoms with E-state index in [4.69, 9.17) is 110 Å². The first-order valence-electron chi connectivity index (χ1n) is 40.7. The van der Waals surface area contributed by atoms with E-state index < -0.39 is 303 Å². The molecule has 57 nitrogen and oxygen atoms in total. The number of hydrogen-bond donors (Lipinski definition) is 6. The van der Waals surface area contributed by atoms with Gasteiger partial charge < -0.3 is 164 Å². The van der Waals surface area contributed by atoms with Gasteiger partial charge in [-0.3, -0.25) is 45.5 Å². The molecule has 0 bridgehead atoms. The predicted octanol–water partition coefficient (Wildman–Crippen LogP) is -9.76. The maximum Gasteiger partial charge on any atom is 0.245 e. The van der Waals surface area contributed by atoms with Gasteiger partial charge in [0, 0.05) is 102 Å². The number of nitrogens with two attached hydrogens (primary N) is 1. The van der Waals surface area contributed by atoms with Gasteiger partial charge in [0.25, 0.3) is 0 Å². The number of carbonyl (C=O) groups excluding carboxylic acids is 6. The monoisotopic (exact) mass is 2070 g/mol. The normalized spacial score (nSPS) is 30.5. The fourth-order valence-electron chi connectivity index (χ4n) is 16.1. The molecule has 776 valence electrons. The van der Waals surface area contributed by atoms with E-state index in [9.17, 15) is 112 Å². The number of rotatable bonds is 51. The smallest absolute Gasteiger partial charge is 0.245 e. The Morgan fingerprint density at radius 2 is 0.890 bits per heavy atom. The molecular formula is C73H106N7O50S6-7. The number of aryl methyl sites for hydroxylation is 1. The number of likely N-dealkylation sites (tertiary alicyclic amines) is 1. The molecule has 136 heavy (non-hydrogen) atoms. The van der Waals surface area contributed by atoms with Gasteiger partial charge in [-0.15, -0.1) is 0 Å². The number of sulfonamides is 1. The second-order valence-corrected chi connectivity index (χ2v) is 37.6. The molecule has 2 aromatic rings. The SMILES string of the molecule is COc1cc(C)c(S(=O)(=O)NC(CC(=O)NCC(=O)NCCCOC2C(COS(=O)(=O)[O-])OC(OC3C(C(=O)[O-])OC(OC4C(COS(=O)(=O)[O-])OC(OC5C(C(=O)[O-])OC(OC6C(COS(=O)(=O)[O-])OC(OC)C(OC)C6OC)C(OC)C5OC)C(OS(=O)(=O)[O-])C4OS(=O)(=O)[O-])C(OC)C3OC)C(OC)C2OC)C(=O)NC(Cc2ccc(C(=N)N)cc2)C(=O)N2CCCCC2)c(C)c1C. The average molecular weight is 2070 g/mol. The number of aliphatic carboxylic acids is 2. The Bertz CT molecular complexity index is 5110. The summed E-state index contributed by atoms with van der Waals surface area (Å²) >= 11 is 0. The molecule has 0 saturated carbocycles. The number of amidine groups is 1. The molecule has 0 radical (unpaired) electrons. The summed E-state index contributed by atoms with van der Waals surface area (Å²) in [6, 6.07) is 4.42. The Morgan fingerprint density at radius 3 is 1.32 bits per heavy atom. The summed E-state index contributed by atoms with van der Waals surface area (Å²) in [6.45, 7) is -0.591. The Labute approximate surface area is 781 Å². The van der Waals surface area contributed by atoms with Crippen molar-refractivity contribution in [3.63, 3.8) is 0 Å². The first-order valence-corrected chi connectivity index (χ1v) is 48.9. The van der Waals surface area contributed by atoms with Crippen LogP contribution in [0.2, 0.25) is 0 Å². The van der Waals surface area contributed by atoms with Gasteiger partial charge in [-0.25, -0.2) is 50.5 Å². The molecule has 6 aliphatic rings. The van der Waals surface area contributed by atoms with E-state index in [0.717, 1.165) is 70.4 Å². The van der Waals surface area contributed by atoms with Crippen LogP contribution in [0.4, 0.5) is 0 Å². The molecule has 6 saturated heterocycles. The number of nitrogens with zero attached hydrogens (tertiary/aromatic N) is 1. The summed E-state index contributed by atoms with van der Waals surface area (Å²) < 4.78 is 355. The van der Waals surface area contributed by atoms with Crippen molar-refractivity contribution in [1.82, 2.24) is 25.6 Å². The third kappa shape index (κ3) is 31.0. The van der Waals surface area contributed by atoms with E-state index in [1.54, 1.807) is 24.0 Å². The molecule has 0 spiro atoms. The van der Waals surface area contributed by atoms with Gasteiger partial charge in [0.1, 0.15) is 140 Å². The molecule has 27 unspecified atom stereocenters. The lowest BCUT2D eigenvalue weighted by Gasteiger charge is -2.52. The van der Waals surface area contributed by atoms with Crippen molar-refractivity contribution < 1.29 is 228 Å². The quantitative estimate of drug-likeness (QED) is 0.0118. The Morgan fingerprint density at radius 1 is 0.478 bits per heavy atom. The molecule has 6 fully saturated rings. The third-order valence-corrected chi connectivity index (χ3v) is 26.2. The number of hydrogen-bond acceptors (Lipinski definition) is 51. The number of carboxylic acid groups (broad SMARTS) is 2. The topological polar surface area (TPSA) is 801 Å². The van der Waals surface area contributed by atoms with Crippen LogP contribution in [0.25, 0.3) is 0 Å². The zero-order valence-electron chi connectivity index (χ0n) is 74.8. The van der Waals surface area contributed by atoms with Gasteiger partial charge in [0.05, 0.1) is 56.7 Å². The van der Waals surface area contributed by atoms with E-state index in [0.29, 0.717) is 48.4 Å². The molecule has 0 aliphatic carbocycles. The van der Waals surface area contributed by atoms with E-state index >= 15 is 0 Å². The van der Waals surface area contributed by atoms with Crippen LogP contribution >= 0.6 is 0 Å². The highest BCUT2D eigenvalue weighted by atomic mass is 32.3. The Kier molecular flexibility index (Phi) is 42.1. The van der Waals surface area contributed by atoms with Gasteiger partial charge >= 0.3 is 0 Å². The number of carboxylic acids is 2. The zero-order chi connectivity index (χ0) is 101. The molecule has 6 aliphatic heterocycles. The lowest BCUT2D eigenvalue weighted by Crippen LogP contribution is -2.70. The molecule has 7 N–H and O–H groups in total. The minimum atomic E-state index is -6.50. The van der Waals surface area contributed by atoms with Crippen LogP contribution < -0.4 is 41.4 Å². The van der Waals surface area contributed by atoms with Crippen molar-refractivity contribution >= 4 is 103 Å². The van der Waals surface area contributed by atoms with Crippen LogP contribution in [0.3, 0.4) is 0 Å². The number of benzene rings is 2. The highest BCUT2D eigenvalue weighted by molar-refractivity contribution is 7.89. The molecule has 4 amide bonds. The van der Waals surface area contributed by atoms with Crippen LogP contribution in [-0.4, -0.2) is 409 Å². The highest BCUT2D eigenvalue weighted by Gasteiger charge is 2.61. The number of amides is 4. The summed E-state index contributed by atoms with van der Waals surface area (Å²) in [4.78, 5) is 84.5. The maximum atomic E-state index is 14.6. The first kappa shape index (κ1) is 114. The number of piperidine rings is 1. The molecule has 0 aromatic heterocycles. The number of ether oxygens (including phenoxy) is 20. The van der Waals surface area contributed by atoms with Crippen LogP contribution in [0.5, 0.6) is 5.75 Å². The van der Waals surface area contributed by atoms with Crippen molar-refractivity contribution in [2.45, 2.75) is 230 Å². The van der Waals surface area contributed by atoms with Crippen molar-refractivity contribution in [3.8, 4) is 5.75 Å². The zero-order valence-corrected chi connectivity index (χ0v) is 79.7. The van der Waals surface area contributed by atoms with E-state index in [2.05, 4.69) is 37.4 Å². The highest BCUT2D eigenvalue weighted by Crippen LogP contribution is 2.42.